The van der Waals surface area contributed by atoms with Crippen LogP contribution in [0.25, 0.3) is 11.3 Å². The van der Waals surface area contributed by atoms with Crippen molar-refractivity contribution in [1.82, 2.24) is 10.2 Å². The molecule has 0 bridgehead atoms. The molecule has 3 N–H and O–H groups in total. The Morgan fingerprint density at radius 1 is 1.32 bits per heavy atom. The molecule has 0 aliphatic carbocycles. The van der Waals surface area contributed by atoms with E-state index in [1.165, 1.54) is 18.4 Å². The number of rotatable bonds is 3. The van der Waals surface area contributed by atoms with Crippen LogP contribution < -0.4 is 5.73 Å². The minimum absolute atomic E-state index is 0.00400. The Morgan fingerprint density at radius 2 is 2.09 bits per heavy atom. The molecule has 0 spiro atoms. The molecule has 0 aliphatic rings. The number of furan rings is 1. The molecule has 0 atom stereocenters. The first-order chi connectivity index (χ1) is 10.5. The molecular formula is C15H11F2N3O2. The van der Waals surface area contributed by atoms with Crippen LogP contribution in [0.4, 0.5) is 14.6 Å². The summed E-state index contributed by atoms with van der Waals surface area (Å²) in [5, 5.41) is 6.33. The molecule has 3 aromatic rings. The van der Waals surface area contributed by atoms with Crippen molar-refractivity contribution >= 4 is 11.6 Å². The zero-order chi connectivity index (χ0) is 15.9. The fourth-order valence-electron chi connectivity index (χ4n) is 2.22. The first-order valence-corrected chi connectivity index (χ1v) is 6.37. The molecule has 0 saturated heterocycles. The lowest BCUT2D eigenvalue weighted by molar-refractivity contribution is 0.103. The van der Waals surface area contributed by atoms with Crippen molar-refractivity contribution in [3.63, 3.8) is 0 Å². The van der Waals surface area contributed by atoms with Gasteiger partial charge in [-0.15, -0.1) is 0 Å². The molecule has 7 heteroatoms. The minimum atomic E-state index is -0.829. The maximum absolute atomic E-state index is 13.9. The summed E-state index contributed by atoms with van der Waals surface area (Å²) in [5.74, 6) is -1.58. The van der Waals surface area contributed by atoms with E-state index in [-0.39, 0.29) is 22.6 Å². The fourth-order valence-corrected chi connectivity index (χ4v) is 2.22. The summed E-state index contributed by atoms with van der Waals surface area (Å²) in [5.41, 5.74) is 6.09. The number of nitrogens with one attached hydrogen (secondary N) is 1. The van der Waals surface area contributed by atoms with Gasteiger partial charge in [-0.25, -0.2) is 8.78 Å². The number of halogens is 2. The fraction of sp³-hybridized carbons (Fsp3) is 0.0667. The number of ketones is 1. The lowest BCUT2D eigenvalue weighted by Crippen LogP contribution is -2.06. The van der Waals surface area contributed by atoms with E-state index in [1.807, 2.05) is 0 Å². The van der Waals surface area contributed by atoms with Gasteiger partial charge in [0.2, 0.25) is 5.78 Å². The molecule has 1 aromatic carbocycles. The highest BCUT2D eigenvalue weighted by Crippen LogP contribution is 2.30. The number of carbonyl (C=O) groups is 1. The van der Waals surface area contributed by atoms with E-state index in [1.54, 1.807) is 6.92 Å². The van der Waals surface area contributed by atoms with Crippen LogP contribution in [0.5, 0.6) is 0 Å². The molecule has 0 radical (unpaired) electrons. The number of hydrogen-bond donors (Lipinski definition) is 2. The van der Waals surface area contributed by atoms with Crippen molar-refractivity contribution in [3.05, 3.63) is 59.1 Å². The van der Waals surface area contributed by atoms with Gasteiger partial charge in [0.05, 0.1) is 17.4 Å². The van der Waals surface area contributed by atoms with Gasteiger partial charge in [-0.2, -0.15) is 5.10 Å². The number of nitrogens with zero attached hydrogens (tertiary/aromatic N) is 1. The maximum Gasteiger partial charge on any atom is 0.202 e. The summed E-state index contributed by atoms with van der Waals surface area (Å²) in [7, 11) is 0. The second-order valence-corrected chi connectivity index (χ2v) is 4.70. The first kappa shape index (κ1) is 14.0. The van der Waals surface area contributed by atoms with E-state index in [0.717, 1.165) is 12.1 Å². The van der Waals surface area contributed by atoms with Gasteiger partial charge in [0.1, 0.15) is 28.9 Å². The number of aromatic amines is 1. The predicted octanol–water partition coefficient (Wildman–Crippen LogP) is 3.07. The summed E-state index contributed by atoms with van der Waals surface area (Å²) in [6.07, 6.45) is 1.37. The van der Waals surface area contributed by atoms with E-state index in [4.69, 9.17) is 10.2 Å². The van der Waals surface area contributed by atoms with Crippen molar-refractivity contribution in [2.45, 2.75) is 6.92 Å². The van der Waals surface area contributed by atoms with Crippen molar-refractivity contribution in [1.29, 1.82) is 0 Å². The first-order valence-electron chi connectivity index (χ1n) is 6.37. The van der Waals surface area contributed by atoms with Gasteiger partial charge in [-0.3, -0.25) is 9.89 Å². The van der Waals surface area contributed by atoms with Crippen LogP contribution in [0.1, 0.15) is 21.7 Å². The molecule has 0 fully saturated rings. The van der Waals surface area contributed by atoms with E-state index in [0.29, 0.717) is 11.3 Å². The molecule has 22 heavy (non-hydrogen) atoms. The standard InChI is InChI=1S/C15H11F2N3O2/c1-7-9(4-5-22-7)14(21)12-13(19-20-15(12)18)10-3-2-8(16)6-11(10)17/h2-6H,1H3,(H3,18,19,20). The van der Waals surface area contributed by atoms with Gasteiger partial charge in [-0.1, -0.05) is 0 Å². The number of anilines is 1. The molecule has 0 saturated carbocycles. The monoisotopic (exact) mass is 303 g/mol. The number of nitrogen functional groups attached to an aromatic ring is 1. The Hall–Kier alpha value is -2.96. The van der Waals surface area contributed by atoms with Gasteiger partial charge in [0.25, 0.3) is 0 Å². The Labute approximate surface area is 123 Å². The van der Waals surface area contributed by atoms with Crippen molar-refractivity contribution in [3.8, 4) is 11.3 Å². The van der Waals surface area contributed by atoms with Gasteiger partial charge in [0, 0.05) is 11.6 Å². The highest BCUT2D eigenvalue weighted by Gasteiger charge is 2.25. The smallest absolute Gasteiger partial charge is 0.202 e. The number of aryl methyl sites for hydroxylation is 1. The van der Waals surface area contributed by atoms with Gasteiger partial charge in [0.15, 0.2) is 0 Å². The summed E-state index contributed by atoms with van der Waals surface area (Å²) in [4.78, 5) is 12.6. The second kappa shape index (κ2) is 5.10. The Morgan fingerprint density at radius 3 is 2.73 bits per heavy atom. The van der Waals surface area contributed by atoms with Crippen molar-refractivity contribution in [2.24, 2.45) is 0 Å². The Bertz CT molecular complexity index is 868. The zero-order valence-electron chi connectivity index (χ0n) is 11.5. The third kappa shape index (κ3) is 2.16. The topological polar surface area (TPSA) is 84.9 Å². The molecule has 112 valence electrons. The molecule has 5 nitrogen and oxygen atoms in total. The normalized spacial score (nSPS) is 10.9. The molecule has 0 aliphatic heterocycles. The number of benzene rings is 1. The quantitative estimate of drug-likeness (QED) is 0.728. The number of H-pyrrole nitrogens is 1. The average Bonchev–Trinajstić information content (AvgIpc) is 3.04. The van der Waals surface area contributed by atoms with Crippen LogP contribution in [-0.2, 0) is 0 Å². The Balaban J connectivity index is 2.16. The highest BCUT2D eigenvalue weighted by molar-refractivity contribution is 6.15. The molecule has 2 heterocycles. The minimum Gasteiger partial charge on any atom is -0.469 e. The molecular weight excluding hydrogens is 292 g/mol. The second-order valence-electron chi connectivity index (χ2n) is 4.70. The lowest BCUT2D eigenvalue weighted by Gasteiger charge is -2.04. The number of hydrogen-bond acceptors (Lipinski definition) is 4. The third-order valence-electron chi connectivity index (χ3n) is 3.31. The van der Waals surface area contributed by atoms with Gasteiger partial charge < -0.3 is 10.2 Å². The van der Waals surface area contributed by atoms with Crippen LogP contribution in [0.3, 0.4) is 0 Å². The van der Waals surface area contributed by atoms with Crippen molar-refractivity contribution < 1.29 is 18.0 Å². The SMILES string of the molecule is Cc1occc1C(=O)c1c(-c2ccc(F)cc2F)n[nH]c1N. The zero-order valence-corrected chi connectivity index (χ0v) is 11.5. The molecule has 2 aromatic heterocycles. The maximum atomic E-state index is 13.9. The van der Waals surface area contributed by atoms with E-state index in [2.05, 4.69) is 10.2 Å². The number of aromatic nitrogens is 2. The summed E-state index contributed by atoms with van der Waals surface area (Å²) in [6.45, 7) is 1.63. The van der Waals surface area contributed by atoms with Crippen LogP contribution in [0.15, 0.2) is 34.9 Å². The largest absolute Gasteiger partial charge is 0.469 e. The summed E-state index contributed by atoms with van der Waals surface area (Å²) < 4.78 is 32.1. The predicted molar refractivity (Wildman–Crippen MR) is 75.2 cm³/mol. The number of nitrogens with two attached hydrogens (primary N) is 1. The van der Waals surface area contributed by atoms with E-state index in [9.17, 15) is 13.6 Å². The van der Waals surface area contributed by atoms with Gasteiger partial charge >= 0.3 is 0 Å². The highest BCUT2D eigenvalue weighted by atomic mass is 19.1. The third-order valence-corrected chi connectivity index (χ3v) is 3.31. The summed E-state index contributed by atoms with van der Waals surface area (Å²) in [6, 6.07) is 4.51. The van der Waals surface area contributed by atoms with Crippen LogP contribution in [0, 0.1) is 18.6 Å². The van der Waals surface area contributed by atoms with Crippen molar-refractivity contribution in [2.75, 3.05) is 5.73 Å². The molecule has 0 unspecified atom stereocenters. The number of carbonyl (C=O) groups excluding carboxylic acids is 1. The van der Waals surface area contributed by atoms with Crippen LogP contribution in [-0.4, -0.2) is 16.0 Å². The van der Waals surface area contributed by atoms with Crippen LogP contribution in [0.2, 0.25) is 0 Å². The summed E-state index contributed by atoms with van der Waals surface area (Å²) >= 11 is 0. The van der Waals surface area contributed by atoms with E-state index < -0.39 is 17.4 Å². The van der Waals surface area contributed by atoms with E-state index >= 15 is 0 Å². The van der Waals surface area contributed by atoms with Crippen LogP contribution >= 0.6 is 0 Å². The molecule has 3 rings (SSSR count). The Kier molecular flexibility index (Phi) is 3.25. The lowest BCUT2D eigenvalue weighted by atomic mass is 9.99. The van der Waals surface area contributed by atoms with Gasteiger partial charge in [-0.05, 0) is 25.1 Å². The average molecular weight is 303 g/mol. The molecule has 0 amide bonds.